The van der Waals surface area contributed by atoms with Gasteiger partial charge in [0, 0.05) is 12.6 Å². The highest BCUT2D eigenvalue weighted by atomic mass is 16.2. The van der Waals surface area contributed by atoms with Crippen molar-refractivity contribution in [1.82, 2.24) is 10.9 Å². The van der Waals surface area contributed by atoms with E-state index in [2.05, 4.69) is 15.8 Å². The molecule has 3 amide bonds. The number of hydrazine groups is 1. The molecule has 5 N–H and O–H groups in total. The maximum Gasteiger partial charge on any atom is 0.349 e. The van der Waals surface area contributed by atoms with Crippen molar-refractivity contribution in [3.05, 3.63) is 29.8 Å². The van der Waals surface area contributed by atoms with Crippen LogP contribution in [-0.4, -0.2) is 18.2 Å². The molecule has 17 heavy (non-hydrogen) atoms. The van der Waals surface area contributed by atoms with Gasteiger partial charge in [-0.25, -0.2) is 16.1 Å². The first-order valence-corrected chi connectivity index (χ1v) is 4.79. The molecule has 1 aromatic rings. The first-order chi connectivity index (χ1) is 8.11. The van der Waals surface area contributed by atoms with Crippen molar-refractivity contribution in [3.8, 4) is 0 Å². The summed E-state index contributed by atoms with van der Waals surface area (Å²) in [5, 5.41) is 6.28. The van der Waals surface area contributed by atoms with Crippen LogP contribution in [0.25, 0.3) is 0 Å². The van der Waals surface area contributed by atoms with Gasteiger partial charge in [0.1, 0.15) is 0 Å². The predicted molar refractivity (Wildman–Crippen MR) is 64.2 cm³/mol. The van der Waals surface area contributed by atoms with E-state index in [-0.39, 0.29) is 5.91 Å². The van der Waals surface area contributed by atoms with Crippen molar-refractivity contribution in [3.63, 3.8) is 0 Å². The Morgan fingerprint density at radius 1 is 1.29 bits per heavy atom. The Morgan fingerprint density at radius 2 is 1.94 bits per heavy atom. The highest BCUT2D eigenvalue weighted by Gasteiger charge is 1.95. The fraction of sp³-hybridized carbons (Fsp3) is 0.100. The van der Waals surface area contributed by atoms with Gasteiger partial charge < -0.3 is 5.32 Å². The second-order valence-electron chi connectivity index (χ2n) is 3.15. The molecule has 1 rings (SSSR count). The van der Waals surface area contributed by atoms with Crippen molar-refractivity contribution >= 4 is 23.8 Å². The van der Waals surface area contributed by atoms with E-state index in [0.29, 0.717) is 5.69 Å². The van der Waals surface area contributed by atoms with Gasteiger partial charge in [0.25, 0.3) is 0 Å². The molecule has 0 spiro atoms. The maximum atomic E-state index is 10.8. The van der Waals surface area contributed by atoms with Crippen LogP contribution in [0.15, 0.2) is 29.4 Å². The first-order valence-electron chi connectivity index (χ1n) is 4.79. The summed E-state index contributed by atoms with van der Waals surface area (Å²) in [6, 6.07) is 6.35. The van der Waals surface area contributed by atoms with Crippen LogP contribution < -0.4 is 22.0 Å². The van der Waals surface area contributed by atoms with E-state index in [1.165, 1.54) is 13.1 Å². The molecule has 0 bridgehead atoms. The van der Waals surface area contributed by atoms with Gasteiger partial charge in [-0.3, -0.25) is 10.2 Å². The second kappa shape index (κ2) is 6.23. The number of nitrogens with zero attached hydrogens (tertiary/aromatic N) is 1. The largest absolute Gasteiger partial charge is 0.349 e. The zero-order valence-corrected chi connectivity index (χ0v) is 9.23. The zero-order valence-electron chi connectivity index (χ0n) is 9.23. The standard InChI is InChI=1S/C10H13N5O2/c1-7(16)13-9-4-2-8(3-5-9)6-12-15-10(17)14-11/h2-6H,11H2,1H3,(H,13,16)(H2,14,15,17). The van der Waals surface area contributed by atoms with E-state index in [1.807, 2.05) is 5.43 Å². The molecule has 0 aliphatic carbocycles. The average Bonchev–Trinajstić information content (AvgIpc) is 2.30. The van der Waals surface area contributed by atoms with Crippen LogP contribution in [0.2, 0.25) is 0 Å². The molecular weight excluding hydrogens is 222 g/mol. The van der Waals surface area contributed by atoms with Gasteiger partial charge in [0.15, 0.2) is 0 Å². The van der Waals surface area contributed by atoms with E-state index < -0.39 is 6.03 Å². The fourth-order valence-electron chi connectivity index (χ4n) is 1.05. The van der Waals surface area contributed by atoms with Gasteiger partial charge >= 0.3 is 6.03 Å². The molecule has 0 saturated carbocycles. The molecule has 7 nitrogen and oxygen atoms in total. The van der Waals surface area contributed by atoms with Gasteiger partial charge in [0.2, 0.25) is 5.91 Å². The highest BCUT2D eigenvalue weighted by molar-refractivity contribution is 5.89. The topological polar surface area (TPSA) is 109 Å². The van der Waals surface area contributed by atoms with E-state index in [4.69, 9.17) is 5.84 Å². The Labute approximate surface area is 98.0 Å². The first kappa shape index (κ1) is 12.7. The summed E-state index contributed by atoms with van der Waals surface area (Å²) in [6.45, 7) is 1.44. The van der Waals surface area contributed by atoms with Crippen LogP contribution in [0.1, 0.15) is 12.5 Å². The van der Waals surface area contributed by atoms with E-state index in [1.54, 1.807) is 24.3 Å². The maximum absolute atomic E-state index is 10.8. The monoisotopic (exact) mass is 235 g/mol. The summed E-state index contributed by atoms with van der Waals surface area (Å²) in [5.41, 5.74) is 5.49. The minimum atomic E-state index is -0.601. The smallest absolute Gasteiger partial charge is 0.326 e. The fourth-order valence-corrected chi connectivity index (χ4v) is 1.05. The van der Waals surface area contributed by atoms with Crippen molar-refractivity contribution in [2.24, 2.45) is 10.9 Å². The number of hydrogen-bond donors (Lipinski definition) is 4. The molecule has 90 valence electrons. The third-order valence-corrected chi connectivity index (χ3v) is 1.74. The summed E-state index contributed by atoms with van der Waals surface area (Å²) in [6.07, 6.45) is 1.45. The lowest BCUT2D eigenvalue weighted by molar-refractivity contribution is -0.114. The summed E-state index contributed by atoms with van der Waals surface area (Å²) in [7, 11) is 0. The molecule has 0 radical (unpaired) electrons. The lowest BCUT2D eigenvalue weighted by atomic mass is 10.2. The number of anilines is 1. The minimum Gasteiger partial charge on any atom is -0.326 e. The molecule has 0 saturated heterocycles. The van der Waals surface area contributed by atoms with Crippen LogP contribution in [0, 0.1) is 0 Å². The average molecular weight is 235 g/mol. The van der Waals surface area contributed by atoms with Crippen LogP contribution in [0.3, 0.4) is 0 Å². The predicted octanol–water partition coefficient (Wildman–Crippen LogP) is 0.152. The van der Waals surface area contributed by atoms with Crippen LogP contribution in [-0.2, 0) is 4.79 Å². The zero-order chi connectivity index (χ0) is 12.7. The molecule has 1 aromatic carbocycles. The molecule has 0 atom stereocenters. The minimum absolute atomic E-state index is 0.132. The van der Waals surface area contributed by atoms with E-state index in [0.717, 1.165) is 5.56 Å². The number of amides is 3. The van der Waals surface area contributed by atoms with Gasteiger partial charge in [-0.2, -0.15) is 5.10 Å². The summed E-state index contributed by atoms with van der Waals surface area (Å²) < 4.78 is 0. The quantitative estimate of drug-likeness (QED) is 0.259. The van der Waals surface area contributed by atoms with Gasteiger partial charge in [0.05, 0.1) is 6.21 Å². The van der Waals surface area contributed by atoms with Gasteiger partial charge in [-0.15, -0.1) is 0 Å². The van der Waals surface area contributed by atoms with Crippen LogP contribution >= 0.6 is 0 Å². The number of hydrogen-bond acceptors (Lipinski definition) is 4. The van der Waals surface area contributed by atoms with Crippen molar-refractivity contribution in [1.29, 1.82) is 0 Å². The number of hydrazone groups is 1. The molecule has 0 heterocycles. The normalized spacial score (nSPS) is 10.0. The van der Waals surface area contributed by atoms with Gasteiger partial charge in [-0.05, 0) is 17.7 Å². The Balaban J connectivity index is 2.56. The number of nitrogens with two attached hydrogens (primary N) is 1. The molecule has 0 aliphatic heterocycles. The van der Waals surface area contributed by atoms with Crippen molar-refractivity contribution in [2.75, 3.05) is 5.32 Å². The number of benzene rings is 1. The molecule has 7 heteroatoms. The third-order valence-electron chi connectivity index (χ3n) is 1.74. The lowest BCUT2D eigenvalue weighted by Gasteiger charge is -2.01. The SMILES string of the molecule is CC(=O)Nc1ccc(C=NNC(=O)NN)cc1. The number of carbonyl (C=O) groups excluding carboxylic acids is 2. The van der Waals surface area contributed by atoms with Crippen molar-refractivity contribution < 1.29 is 9.59 Å². The number of nitrogens with one attached hydrogen (secondary N) is 3. The highest BCUT2D eigenvalue weighted by Crippen LogP contribution is 2.07. The van der Waals surface area contributed by atoms with E-state index in [9.17, 15) is 9.59 Å². The van der Waals surface area contributed by atoms with Crippen LogP contribution in [0.5, 0.6) is 0 Å². The Morgan fingerprint density at radius 3 is 2.47 bits per heavy atom. The third kappa shape index (κ3) is 4.76. The number of carbonyl (C=O) groups is 2. The molecular formula is C10H13N5O2. The Bertz CT molecular complexity index is 427. The van der Waals surface area contributed by atoms with Crippen molar-refractivity contribution in [2.45, 2.75) is 6.92 Å². The van der Waals surface area contributed by atoms with Crippen LogP contribution in [0.4, 0.5) is 10.5 Å². The summed E-state index contributed by atoms with van der Waals surface area (Å²) in [5.74, 6) is 4.71. The molecule has 0 unspecified atom stereocenters. The number of urea groups is 1. The van der Waals surface area contributed by atoms with E-state index >= 15 is 0 Å². The Kier molecular flexibility index (Phi) is 4.64. The molecule has 0 fully saturated rings. The molecule has 0 aliphatic rings. The summed E-state index contributed by atoms with van der Waals surface area (Å²) in [4.78, 5) is 21.4. The number of rotatable bonds is 3. The second-order valence-corrected chi connectivity index (χ2v) is 3.15. The summed E-state index contributed by atoms with van der Waals surface area (Å²) >= 11 is 0. The lowest BCUT2D eigenvalue weighted by Crippen LogP contribution is -2.37. The van der Waals surface area contributed by atoms with Gasteiger partial charge in [-0.1, -0.05) is 12.1 Å². The Hall–Kier alpha value is -2.41. The molecule has 0 aromatic heterocycles.